The highest BCUT2D eigenvalue weighted by Crippen LogP contribution is 2.28. The van der Waals surface area contributed by atoms with Gasteiger partial charge in [0.1, 0.15) is 0 Å². The van der Waals surface area contributed by atoms with Crippen LogP contribution in [0.4, 0.5) is 5.69 Å². The Labute approximate surface area is 109 Å². The maximum atomic E-state index is 12.0. The van der Waals surface area contributed by atoms with E-state index in [1.165, 1.54) is 17.7 Å². The molecule has 1 fully saturated rings. The summed E-state index contributed by atoms with van der Waals surface area (Å²) < 4.78 is 0. The molecule has 1 aliphatic carbocycles. The van der Waals surface area contributed by atoms with E-state index >= 15 is 0 Å². The van der Waals surface area contributed by atoms with Crippen molar-refractivity contribution in [2.75, 3.05) is 26.0 Å². The zero-order chi connectivity index (χ0) is 13.1. The van der Waals surface area contributed by atoms with Crippen LogP contribution in [0, 0.1) is 5.92 Å². The SMILES string of the molecule is CN(Cc1ccc(N(C)C)cc1)C(=O)C1CCC1. The van der Waals surface area contributed by atoms with Crippen molar-refractivity contribution in [3.63, 3.8) is 0 Å². The molecule has 0 N–H and O–H groups in total. The number of nitrogens with zero attached hydrogens (tertiary/aromatic N) is 2. The predicted octanol–water partition coefficient (Wildman–Crippen LogP) is 2.51. The summed E-state index contributed by atoms with van der Waals surface area (Å²) in [5, 5.41) is 0. The van der Waals surface area contributed by atoms with Crippen molar-refractivity contribution in [2.45, 2.75) is 25.8 Å². The van der Waals surface area contributed by atoms with Gasteiger partial charge in [-0.3, -0.25) is 4.79 Å². The van der Waals surface area contributed by atoms with Gasteiger partial charge in [0.2, 0.25) is 5.91 Å². The molecule has 0 spiro atoms. The Morgan fingerprint density at radius 1 is 1.17 bits per heavy atom. The number of anilines is 1. The highest BCUT2D eigenvalue weighted by molar-refractivity contribution is 5.79. The van der Waals surface area contributed by atoms with E-state index in [0.29, 0.717) is 12.5 Å². The Balaban J connectivity index is 1.93. The molecule has 1 amide bonds. The van der Waals surface area contributed by atoms with Gasteiger partial charge < -0.3 is 9.80 Å². The molecular weight excluding hydrogens is 224 g/mol. The minimum Gasteiger partial charge on any atom is -0.378 e. The quantitative estimate of drug-likeness (QED) is 0.815. The molecule has 0 saturated heterocycles. The predicted molar refractivity (Wildman–Crippen MR) is 74.6 cm³/mol. The van der Waals surface area contributed by atoms with Crippen molar-refractivity contribution < 1.29 is 4.79 Å². The van der Waals surface area contributed by atoms with Gasteiger partial charge >= 0.3 is 0 Å². The van der Waals surface area contributed by atoms with E-state index in [1.54, 1.807) is 0 Å². The van der Waals surface area contributed by atoms with E-state index < -0.39 is 0 Å². The third-order valence-corrected chi connectivity index (χ3v) is 3.70. The van der Waals surface area contributed by atoms with Crippen LogP contribution < -0.4 is 4.90 Å². The average molecular weight is 246 g/mol. The van der Waals surface area contributed by atoms with Crippen molar-refractivity contribution in [3.05, 3.63) is 29.8 Å². The van der Waals surface area contributed by atoms with Crippen molar-refractivity contribution in [1.29, 1.82) is 0 Å². The summed E-state index contributed by atoms with van der Waals surface area (Å²) in [6, 6.07) is 8.38. The Morgan fingerprint density at radius 2 is 1.78 bits per heavy atom. The van der Waals surface area contributed by atoms with Crippen molar-refractivity contribution >= 4 is 11.6 Å². The van der Waals surface area contributed by atoms with Crippen LogP contribution in [-0.4, -0.2) is 32.0 Å². The number of hydrogen-bond acceptors (Lipinski definition) is 2. The molecular formula is C15H22N2O. The largest absolute Gasteiger partial charge is 0.378 e. The lowest BCUT2D eigenvalue weighted by molar-refractivity contribution is -0.137. The summed E-state index contributed by atoms with van der Waals surface area (Å²) in [4.78, 5) is 16.0. The van der Waals surface area contributed by atoms with Gasteiger partial charge in [0.15, 0.2) is 0 Å². The first-order valence-electron chi connectivity index (χ1n) is 6.59. The van der Waals surface area contributed by atoms with Crippen LogP contribution in [0.15, 0.2) is 24.3 Å². The molecule has 0 aromatic heterocycles. The standard InChI is InChI=1S/C15H22N2O/c1-16(2)14-9-7-12(8-10-14)11-17(3)15(18)13-5-4-6-13/h7-10,13H,4-6,11H2,1-3H3. The molecule has 1 aromatic rings. The lowest BCUT2D eigenvalue weighted by atomic mass is 9.84. The second-order valence-corrected chi connectivity index (χ2v) is 5.38. The molecule has 3 heteroatoms. The van der Waals surface area contributed by atoms with E-state index in [-0.39, 0.29) is 5.92 Å². The highest BCUT2D eigenvalue weighted by atomic mass is 16.2. The Bertz CT molecular complexity index is 407. The molecule has 0 atom stereocenters. The normalized spacial score (nSPS) is 15.1. The minimum absolute atomic E-state index is 0.288. The number of carbonyl (C=O) groups excluding carboxylic acids is 1. The summed E-state index contributed by atoms with van der Waals surface area (Å²) in [6.45, 7) is 0.711. The third-order valence-electron chi connectivity index (χ3n) is 3.70. The minimum atomic E-state index is 0.288. The second-order valence-electron chi connectivity index (χ2n) is 5.38. The monoisotopic (exact) mass is 246 g/mol. The molecule has 3 nitrogen and oxygen atoms in total. The van der Waals surface area contributed by atoms with Crippen LogP contribution in [0.1, 0.15) is 24.8 Å². The Hall–Kier alpha value is -1.51. The molecule has 0 unspecified atom stereocenters. The molecule has 0 bridgehead atoms. The lowest BCUT2D eigenvalue weighted by Crippen LogP contribution is -2.35. The number of rotatable bonds is 4. The second kappa shape index (κ2) is 5.42. The lowest BCUT2D eigenvalue weighted by Gasteiger charge is -2.29. The number of amides is 1. The molecule has 18 heavy (non-hydrogen) atoms. The van der Waals surface area contributed by atoms with E-state index in [2.05, 4.69) is 29.2 Å². The van der Waals surface area contributed by atoms with Crippen molar-refractivity contribution in [1.82, 2.24) is 4.90 Å². The zero-order valence-corrected chi connectivity index (χ0v) is 11.5. The third kappa shape index (κ3) is 2.84. The molecule has 0 radical (unpaired) electrons. The van der Waals surface area contributed by atoms with Crippen LogP contribution in [0.5, 0.6) is 0 Å². The maximum absolute atomic E-state index is 12.0. The van der Waals surface area contributed by atoms with Gasteiger partial charge in [-0.1, -0.05) is 18.6 Å². The Kier molecular flexibility index (Phi) is 3.90. The zero-order valence-electron chi connectivity index (χ0n) is 11.5. The van der Waals surface area contributed by atoms with Crippen LogP contribution in [0.3, 0.4) is 0 Å². The van der Waals surface area contributed by atoms with Gasteiger partial charge in [0.05, 0.1) is 0 Å². The molecule has 1 saturated carbocycles. The summed E-state index contributed by atoms with van der Waals surface area (Å²) in [6.07, 6.45) is 3.35. The smallest absolute Gasteiger partial charge is 0.225 e. The van der Waals surface area contributed by atoms with Crippen molar-refractivity contribution in [3.8, 4) is 0 Å². The first kappa shape index (κ1) is 12.9. The first-order valence-corrected chi connectivity index (χ1v) is 6.59. The first-order chi connectivity index (χ1) is 8.58. The highest BCUT2D eigenvalue weighted by Gasteiger charge is 2.27. The van der Waals surface area contributed by atoms with E-state index in [9.17, 15) is 4.79 Å². The summed E-state index contributed by atoms with van der Waals surface area (Å²) >= 11 is 0. The molecule has 1 aliphatic rings. The van der Waals surface area contributed by atoms with Crippen LogP contribution >= 0.6 is 0 Å². The van der Waals surface area contributed by atoms with E-state index in [0.717, 1.165) is 12.8 Å². The molecule has 1 aromatic carbocycles. The van der Waals surface area contributed by atoms with Gasteiger partial charge in [-0.25, -0.2) is 0 Å². The topological polar surface area (TPSA) is 23.6 Å². The molecule has 0 heterocycles. The molecule has 0 aliphatic heterocycles. The van der Waals surface area contributed by atoms with Gasteiger partial charge in [0, 0.05) is 39.3 Å². The van der Waals surface area contributed by atoms with Gasteiger partial charge in [0.25, 0.3) is 0 Å². The van der Waals surface area contributed by atoms with E-state index in [4.69, 9.17) is 0 Å². The summed E-state index contributed by atoms with van der Waals surface area (Å²) in [5.41, 5.74) is 2.38. The molecule has 98 valence electrons. The summed E-state index contributed by atoms with van der Waals surface area (Å²) in [5.74, 6) is 0.592. The van der Waals surface area contributed by atoms with Gasteiger partial charge in [-0.05, 0) is 30.5 Å². The Morgan fingerprint density at radius 3 is 2.22 bits per heavy atom. The number of hydrogen-bond donors (Lipinski definition) is 0. The van der Waals surface area contributed by atoms with Crippen LogP contribution in [0.2, 0.25) is 0 Å². The van der Waals surface area contributed by atoms with E-state index in [1.807, 2.05) is 26.0 Å². The maximum Gasteiger partial charge on any atom is 0.225 e. The van der Waals surface area contributed by atoms with Crippen molar-refractivity contribution in [2.24, 2.45) is 5.92 Å². The van der Waals surface area contributed by atoms with Crippen LogP contribution in [-0.2, 0) is 11.3 Å². The molecule has 2 rings (SSSR count). The number of carbonyl (C=O) groups is 1. The fraction of sp³-hybridized carbons (Fsp3) is 0.533. The fourth-order valence-corrected chi connectivity index (χ4v) is 2.22. The summed E-state index contributed by atoms with van der Waals surface area (Å²) in [7, 11) is 5.96. The van der Waals surface area contributed by atoms with Gasteiger partial charge in [-0.2, -0.15) is 0 Å². The fourth-order valence-electron chi connectivity index (χ4n) is 2.22. The van der Waals surface area contributed by atoms with Crippen LogP contribution in [0.25, 0.3) is 0 Å². The number of benzene rings is 1. The average Bonchev–Trinajstić information content (AvgIpc) is 2.27. The van der Waals surface area contributed by atoms with Gasteiger partial charge in [-0.15, -0.1) is 0 Å².